The maximum Gasteiger partial charge on any atom is 0.244 e. The van der Waals surface area contributed by atoms with Crippen molar-refractivity contribution in [1.29, 1.82) is 0 Å². The molecule has 0 saturated carbocycles. The van der Waals surface area contributed by atoms with Crippen LogP contribution < -0.4 is 4.72 Å². The molecule has 0 aliphatic rings. The Morgan fingerprint density at radius 2 is 2.00 bits per heavy atom. The van der Waals surface area contributed by atoms with E-state index < -0.39 is 16.6 Å². The van der Waals surface area contributed by atoms with Crippen molar-refractivity contribution in [2.45, 2.75) is 45.2 Å². The summed E-state index contributed by atoms with van der Waals surface area (Å²) in [5, 5.41) is 15.6. The van der Waals surface area contributed by atoms with Crippen LogP contribution in [0.5, 0.6) is 0 Å². The van der Waals surface area contributed by atoms with Gasteiger partial charge in [-0.15, -0.1) is 0 Å². The van der Waals surface area contributed by atoms with Crippen molar-refractivity contribution in [1.82, 2.24) is 19.8 Å². The van der Waals surface area contributed by atoms with Crippen molar-refractivity contribution in [3.05, 3.63) is 11.4 Å². The average molecular weight is 304 g/mol. The molecule has 0 spiro atoms. The topological polar surface area (TPSA) is 98.3 Å². The highest BCUT2D eigenvalue weighted by Crippen LogP contribution is 2.17. The van der Waals surface area contributed by atoms with Gasteiger partial charge in [-0.3, -0.25) is 5.10 Å². The maximum atomic E-state index is 12.4. The number of aromatic amines is 1. The molecule has 0 aliphatic heterocycles. The molecule has 1 atom stereocenters. The first kappa shape index (κ1) is 17.1. The first-order chi connectivity index (χ1) is 9.35. The molecule has 116 valence electrons. The molecule has 0 aromatic carbocycles. The number of hydrogen-bond acceptors (Lipinski definition) is 5. The Morgan fingerprint density at radius 3 is 2.50 bits per heavy atom. The van der Waals surface area contributed by atoms with Crippen molar-refractivity contribution in [3.8, 4) is 0 Å². The fourth-order valence-electron chi connectivity index (χ4n) is 2.16. The van der Waals surface area contributed by atoms with E-state index in [0.717, 1.165) is 13.1 Å². The summed E-state index contributed by atoms with van der Waals surface area (Å²) in [6.07, 6.45) is 0. The third-order valence-corrected chi connectivity index (χ3v) is 4.95. The van der Waals surface area contributed by atoms with Crippen LogP contribution in [0.15, 0.2) is 4.90 Å². The van der Waals surface area contributed by atoms with Crippen LogP contribution in [0.25, 0.3) is 0 Å². The van der Waals surface area contributed by atoms with Crippen LogP contribution in [-0.2, 0) is 16.6 Å². The zero-order valence-electron chi connectivity index (χ0n) is 12.5. The van der Waals surface area contributed by atoms with Crippen LogP contribution in [0.3, 0.4) is 0 Å². The van der Waals surface area contributed by atoms with Gasteiger partial charge in [-0.25, -0.2) is 13.1 Å². The second-order valence-electron chi connectivity index (χ2n) is 4.79. The fraction of sp³-hybridized carbons (Fsp3) is 0.750. The molecule has 0 amide bonds. The molecule has 0 saturated heterocycles. The Labute approximate surface area is 120 Å². The summed E-state index contributed by atoms with van der Waals surface area (Å²) < 4.78 is 27.4. The highest BCUT2D eigenvalue weighted by Gasteiger charge is 2.25. The van der Waals surface area contributed by atoms with Gasteiger partial charge in [0.2, 0.25) is 10.0 Å². The van der Waals surface area contributed by atoms with Gasteiger partial charge >= 0.3 is 0 Å². The van der Waals surface area contributed by atoms with Gasteiger partial charge < -0.3 is 10.0 Å². The van der Waals surface area contributed by atoms with Crippen LogP contribution in [0.2, 0.25) is 0 Å². The normalized spacial score (nSPS) is 13.9. The largest absolute Gasteiger partial charge is 0.390 e. The maximum absolute atomic E-state index is 12.4. The first-order valence-corrected chi connectivity index (χ1v) is 8.23. The first-order valence-electron chi connectivity index (χ1n) is 6.75. The molecule has 3 N–H and O–H groups in total. The fourth-order valence-corrected chi connectivity index (χ4v) is 3.75. The number of aliphatic hydroxyl groups excluding tert-OH is 1. The smallest absolute Gasteiger partial charge is 0.244 e. The number of aliphatic hydroxyl groups is 1. The third-order valence-electron chi connectivity index (χ3n) is 3.16. The van der Waals surface area contributed by atoms with Crippen LogP contribution >= 0.6 is 0 Å². The number of nitrogens with zero attached hydrogens (tertiary/aromatic N) is 2. The number of aromatic nitrogens is 2. The van der Waals surface area contributed by atoms with Crippen molar-refractivity contribution < 1.29 is 13.5 Å². The SMILES string of the molecule is CCN(CC)CC(C)NS(=O)(=O)c1c(CO)n[nH]c1C. The number of rotatable bonds is 8. The lowest BCUT2D eigenvalue weighted by molar-refractivity contribution is 0.272. The summed E-state index contributed by atoms with van der Waals surface area (Å²) in [5.41, 5.74) is 0.571. The number of H-pyrrole nitrogens is 1. The molecule has 1 aromatic rings. The van der Waals surface area contributed by atoms with Gasteiger partial charge in [0.1, 0.15) is 10.6 Å². The number of hydrogen-bond donors (Lipinski definition) is 3. The number of likely N-dealkylation sites (N-methyl/N-ethyl adjacent to an activating group) is 1. The second kappa shape index (κ2) is 7.16. The standard InChI is InChI=1S/C12H24N4O3S/c1-5-16(6-2)7-9(3)15-20(18,19)12-10(4)13-14-11(12)8-17/h9,15,17H,5-8H2,1-4H3,(H,13,14). The molecule has 8 heteroatoms. The molecule has 0 bridgehead atoms. The number of nitrogens with one attached hydrogen (secondary N) is 2. The molecule has 1 aromatic heterocycles. The minimum Gasteiger partial charge on any atom is -0.390 e. The summed E-state index contributed by atoms with van der Waals surface area (Å²) >= 11 is 0. The summed E-state index contributed by atoms with van der Waals surface area (Å²) in [7, 11) is -3.68. The predicted molar refractivity (Wildman–Crippen MR) is 76.8 cm³/mol. The van der Waals surface area contributed by atoms with Gasteiger partial charge in [-0.05, 0) is 26.9 Å². The molecule has 7 nitrogen and oxygen atoms in total. The van der Waals surface area contributed by atoms with Crippen LogP contribution in [0, 0.1) is 6.92 Å². The van der Waals surface area contributed by atoms with Gasteiger partial charge in [0.15, 0.2) is 0 Å². The van der Waals surface area contributed by atoms with E-state index in [-0.39, 0.29) is 16.6 Å². The molecular weight excluding hydrogens is 280 g/mol. The monoisotopic (exact) mass is 304 g/mol. The molecule has 0 fully saturated rings. The molecular formula is C12H24N4O3S. The quantitative estimate of drug-likeness (QED) is 0.638. The summed E-state index contributed by atoms with van der Waals surface area (Å²) in [4.78, 5) is 2.19. The second-order valence-corrected chi connectivity index (χ2v) is 6.44. The van der Waals surface area contributed by atoms with E-state index in [1.54, 1.807) is 6.92 Å². The van der Waals surface area contributed by atoms with Gasteiger partial charge in [0.25, 0.3) is 0 Å². The van der Waals surface area contributed by atoms with Crippen LogP contribution in [0.1, 0.15) is 32.2 Å². The zero-order chi connectivity index (χ0) is 15.3. The highest BCUT2D eigenvalue weighted by molar-refractivity contribution is 7.89. The Kier molecular flexibility index (Phi) is 6.12. The van der Waals surface area contributed by atoms with Gasteiger partial charge in [0, 0.05) is 12.6 Å². The molecule has 1 heterocycles. The molecule has 0 aliphatic carbocycles. The van der Waals surface area contributed by atoms with Gasteiger partial charge in [-0.2, -0.15) is 5.10 Å². The van der Waals surface area contributed by atoms with E-state index in [9.17, 15) is 8.42 Å². The Hall–Kier alpha value is -0.960. The predicted octanol–water partition coefficient (Wildman–Crippen LogP) is 0.219. The Balaban J connectivity index is 2.87. The highest BCUT2D eigenvalue weighted by atomic mass is 32.2. The van der Waals surface area contributed by atoms with E-state index >= 15 is 0 Å². The molecule has 0 radical (unpaired) electrons. The molecule has 1 unspecified atom stereocenters. The lowest BCUT2D eigenvalue weighted by Gasteiger charge is -2.23. The lowest BCUT2D eigenvalue weighted by Crippen LogP contribution is -2.42. The van der Waals surface area contributed by atoms with E-state index in [0.29, 0.717) is 12.2 Å². The van der Waals surface area contributed by atoms with Crippen molar-refractivity contribution in [2.24, 2.45) is 0 Å². The number of aryl methyl sites for hydroxylation is 1. The van der Waals surface area contributed by atoms with Crippen LogP contribution in [0.4, 0.5) is 0 Å². The van der Waals surface area contributed by atoms with Crippen molar-refractivity contribution in [2.75, 3.05) is 19.6 Å². The minimum absolute atomic E-state index is 0.0476. The van der Waals surface area contributed by atoms with Crippen LogP contribution in [-0.4, -0.2) is 54.3 Å². The summed E-state index contributed by atoms with van der Waals surface area (Å²) in [6.45, 7) is 9.48. The van der Waals surface area contributed by atoms with E-state index in [1.807, 2.05) is 20.8 Å². The summed E-state index contributed by atoms with van der Waals surface area (Å²) in [5.74, 6) is 0. The Morgan fingerprint density at radius 1 is 1.40 bits per heavy atom. The van der Waals surface area contributed by atoms with Crippen molar-refractivity contribution in [3.63, 3.8) is 0 Å². The average Bonchev–Trinajstić information content (AvgIpc) is 2.77. The number of sulfonamides is 1. The van der Waals surface area contributed by atoms with E-state index in [2.05, 4.69) is 19.8 Å². The molecule has 20 heavy (non-hydrogen) atoms. The Bertz CT molecular complexity index is 523. The minimum atomic E-state index is -3.68. The molecule has 1 rings (SSSR count). The van der Waals surface area contributed by atoms with E-state index in [1.165, 1.54) is 0 Å². The summed E-state index contributed by atoms with van der Waals surface area (Å²) in [6, 6.07) is -0.222. The lowest BCUT2D eigenvalue weighted by atomic mass is 10.3. The van der Waals surface area contributed by atoms with Gasteiger partial charge in [-0.1, -0.05) is 13.8 Å². The third kappa shape index (κ3) is 4.02. The zero-order valence-corrected chi connectivity index (χ0v) is 13.3. The van der Waals surface area contributed by atoms with E-state index in [4.69, 9.17) is 5.11 Å². The van der Waals surface area contributed by atoms with Crippen molar-refractivity contribution >= 4 is 10.0 Å². The van der Waals surface area contributed by atoms with Gasteiger partial charge in [0.05, 0.1) is 12.3 Å².